The van der Waals surface area contributed by atoms with Crippen LogP contribution in [0.5, 0.6) is 0 Å². The summed E-state index contributed by atoms with van der Waals surface area (Å²) in [6, 6.07) is 0.653. The van der Waals surface area contributed by atoms with Crippen molar-refractivity contribution < 1.29 is 4.79 Å². The lowest BCUT2D eigenvalue weighted by Crippen LogP contribution is -2.23. The number of hydrogen-bond donors (Lipinski definition) is 2. The molecule has 0 aromatic rings. The number of carbonyl (C=O) groups is 1. The molecule has 72 valence electrons. The second-order valence-electron chi connectivity index (χ2n) is 2.90. The Morgan fingerprint density at radius 3 is 3.08 bits per heavy atom. The molecule has 2 aliphatic heterocycles. The largest absolute Gasteiger partial charge is 0.384 e. The average Bonchev–Trinajstić information content (AvgIpc) is 2.49. The van der Waals surface area contributed by atoms with Crippen molar-refractivity contribution in [3.05, 3.63) is 23.3 Å². The minimum absolute atomic E-state index is 0.333. The zero-order valence-electron chi connectivity index (χ0n) is 7.62. The smallest absolute Gasteiger partial charge is 0.214 e. The summed E-state index contributed by atoms with van der Waals surface area (Å²) in [4.78, 5) is 10.7. The number of rotatable bonds is 0. The van der Waals surface area contributed by atoms with Gasteiger partial charge in [-0.05, 0) is 24.8 Å². The van der Waals surface area contributed by atoms with Crippen LogP contribution in [0, 0.1) is 0 Å². The van der Waals surface area contributed by atoms with Crippen LogP contribution < -0.4 is 11.1 Å². The van der Waals surface area contributed by atoms with Gasteiger partial charge in [0, 0.05) is 17.6 Å². The van der Waals surface area contributed by atoms with E-state index in [0.717, 1.165) is 0 Å². The van der Waals surface area contributed by atoms with Gasteiger partial charge in [-0.1, -0.05) is 0 Å². The highest BCUT2D eigenvalue weighted by molar-refractivity contribution is 8.03. The summed E-state index contributed by atoms with van der Waals surface area (Å²) in [5.41, 5.74) is 4.47. The van der Waals surface area contributed by atoms with Gasteiger partial charge in [-0.2, -0.15) is 0 Å². The molecule has 1 fully saturated rings. The standard InChI is InChI=1S/C7H9NS.C2H5NO/c1-2-7-6(8-4-1)3-5-9-7;1-2(3)4/h1-2,4,6,8H,3,5H2;1H3,(H2,3,4). The van der Waals surface area contributed by atoms with Crippen molar-refractivity contribution >= 4 is 17.7 Å². The molecule has 3 nitrogen and oxygen atoms in total. The SMILES string of the molecule is C1=CNC2CCSC2=C1.CC(N)=O. The number of nitrogens with two attached hydrogens (primary N) is 1. The number of dihydropyridines is 1. The Morgan fingerprint density at radius 2 is 2.46 bits per heavy atom. The lowest BCUT2D eigenvalue weighted by molar-refractivity contribution is -0.115. The minimum Gasteiger partial charge on any atom is -0.384 e. The fraction of sp³-hybridized carbons (Fsp3) is 0.444. The van der Waals surface area contributed by atoms with E-state index in [9.17, 15) is 4.79 Å². The predicted molar refractivity (Wildman–Crippen MR) is 56.1 cm³/mol. The lowest BCUT2D eigenvalue weighted by atomic mass is 10.2. The maximum atomic E-state index is 9.22. The molecule has 3 N–H and O–H groups in total. The zero-order chi connectivity index (χ0) is 9.68. The van der Waals surface area contributed by atoms with E-state index in [1.807, 2.05) is 18.0 Å². The van der Waals surface area contributed by atoms with E-state index in [4.69, 9.17) is 0 Å². The van der Waals surface area contributed by atoms with Crippen molar-refractivity contribution in [2.45, 2.75) is 19.4 Å². The van der Waals surface area contributed by atoms with Gasteiger partial charge in [-0.15, -0.1) is 11.8 Å². The molecule has 13 heavy (non-hydrogen) atoms. The zero-order valence-corrected chi connectivity index (χ0v) is 8.43. The highest BCUT2D eigenvalue weighted by Gasteiger charge is 2.20. The number of nitrogens with one attached hydrogen (secondary N) is 1. The second-order valence-corrected chi connectivity index (χ2v) is 4.06. The molecule has 4 heteroatoms. The monoisotopic (exact) mass is 198 g/mol. The van der Waals surface area contributed by atoms with Gasteiger partial charge in [0.2, 0.25) is 5.91 Å². The molecular formula is C9H14N2OS. The average molecular weight is 198 g/mol. The third kappa shape index (κ3) is 3.55. The van der Waals surface area contributed by atoms with E-state index in [1.165, 1.54) is 24.0 Å². The number of hydrogen-bond acceptors (Lipinski definition) is 3. The molecule has 2 aliphatic rings. The van der Waals surface area contributed by atoms with E-state index in [1.54, 1.807) is 0 Å². The molecule has 0 radical (unpaired) electrons. The summed E-state index contributed by atoms with van der Waals surface area (Å²) in [5, 5.41) is 3.31. The summed E-state index contributed by atoms with van der Waals surface area (Å²) < 4.78 is 0. The van der Waals surface area contributed by atoms with Crippen LogP contribution >= 0.6 is 11.8 Å². The quantitative estimate of drug-likeness (QED) is 0.610. The van der Waals surface area contributed by atoms with Crippen LogP contribution in [0.15, 0.2) is 23.3 Å². The number of amides is 1. The number of thioether (sulfide) groups is 1. The number of allylic oxidation sites excluding steroid dienone is 2. The first-order chi connectivity index (χ1) is 6.20. The Hall–Kier alpha value is -0.900. The Labute approximate surface area is 82.4 Å². The molecule has 2 rings (SSSR count). The molecule has 1 atom stereocenters. The molecule has 0 saturated carbocycles. The van der Waals surface area contributed by atoms with Crippen LogP contribution in [0.1, 0.15) is 13.3 Å². The van der Waals surface area contributed by atoms with Gasteiger partial charge in [0.25, 0.3) is 0 Å². The van der Waals surface area contributed by atoms with Gasteiger partial charge in [0.1, 0.15) is 0 Å². The van der Waals surface area contributed by atoms with Crippen molar-refractivity contribution in [3.8, 4) is 0 Å². The van der Waals surface area contributed by atoms with Crippen LogP contribution in [-0.4, -0.2) is 17.7 Å². The van der Waals surface area contributed by atoms with Crippen LogP contribution in [0.25, 0.3) is 0 Å². The number of carbonyl (C=O) groups excluding carboxylic acids is 1. The van der Waals surface area contributed by atoms with E-state index >= 15 is 0 Å². The number of fused-ring (bicyclic) bond motifs is 1. The van der Waals surface area contributed by atoms with Crippen LogP contribution in [0.4, 0.5) is 0 Å². The first-order valence-electron chi connectivity index (χ1n) is 4.22. The molecular weight excluding hydrogens is 184 g/mol. The van der Waals surface area contributed by atoms with Gasteiger partial charge < -0.3 is 11.1 Å². The summed E-state index contributed by atoms with van der Waals surface area (Å²) in [5.74, 6) is 0.950. The Morgan fingerprint density at radius 1 is 1.77 bits per heavy atom. The summed E-state index contributed by atoms with van der Waals surface area (Å²) in [6.07, 6.45) is 7.60. The molecule has 0 aromatic heterocycles. The first kappa shape index (κ1) is 10.2. The van der Waals surface area contributed by atoms with Crippen molar-refractivity contribution in [1.82, 2.24) is 5.32 Å². The van der Waals surface area contributed by atoms with Gasteiger partial charge in [0.15, 0.2) is 0 Å². The predicted octanol–water partition coefficient (Wildman–Crippen LogP) is 0.984. The first-order valence-corrected chi connectivity index (χ1v) is 5.20. The fourth-order valence-corrected chi connectivity index (χ4v) is 2.33. The van der Waals surface area contributed by atoms with Gasteiger partial charge in [-0.3, -0.25) is 4.79 Å². The normalized spacial score (nSPS) is 23.5. The summed E-state index contributed by atoms with van der Waals surface area (Å²) in [6.45, 7) is 1.31. The molecule has 0 aliphatic carbocycles. The maximum absolute atomic E-state index is 9.22. The highest BCUT2D eigenvalue weighted by atomic mass is 32.2. The molecule has 0 bridgehead atoms. The molecule has 2 heterocycles. The lowest BCUT2D eigenvalue weighted by Gasteiger charge is -2.13. The molecule has 0 spiro atoms. The fourth-order valence-electron chi connectivity index (χ4n) is 1.18. The van der Waals surface area contributed by atoms with Crippen molar-refractivity contribution in [1.29, 1.82) is 0 Å². The third-order valence-electron chi connectivity index (χ3n) is 1.67. The second kappa shape index (κ2) is 4.97. The Kier molecular flexibility index (Phi) is 3.89. The van der Waals surface area contributed by atoms with E-state index in [-0.39, 0.29) is 5.91 Å². The Bertz CT molecular complexity index is 244. The van der Waals surface area contributed by atoms with Gasteiger partial charge in [0.05, 0.1) is 6.04 Å². The van der Waals surface area contributed by atoms with E-state index in [0.29, 0.717) is 6.04 Å². The van der Waals surface area contributed by atoms with Crippen molar-refractivity contribution in [2.24, 2.45) is 5.73 Å². The Balaban J connectivity index is 0.000000184. The van der Waals surface area contributed by atoms with E-state index < -0.39 is 0 Å². The number of primary amides is 1. The van der Waals surface area contributed by atoms with Gasteiger partial charge in [-0.25, -0.2) is 0 Å². The topological polar surface area (TPSA) is 55.1 Å². The highest BCUT2D eigenvalue weighted by Crippen LogP contribution is 2.31. The van der Waals surface area contributed by atoms with Crippen LogP contribution in [-0.2, 0) is 4.79 Å². The van der Waals surface area contributed by atoms with Crippen LogP contribution in [0.3, 0.4) is 0 Å². The van der Waals surface area contributed by atoms with Crippen molar-refractivity contribution in [3.63, 3.8) is 0 Å². The van der Waals surface area contributed by atoms with Crippen molar-refractivity contribution in [2.75, 3.05) is 5.75 Å². The third-order valence-corrected chi connectivity index (χ3v) is 2.87. The van der Waals surface area contributed by atoms with Gasteiger partial charge >= 0.3 is 0 Å². The summed E-state index contributed by atoms with van der Waals surface area (Å²) >= 11 is 1.97. The molecule has 1 amide bonds. The van der Waals surface area contributed by atoms with Crippen LogP contribution in [0.2, 0.25) is 0 Å². The summed E-state index contributed by atoms with van der Waals surface area (Å²) in [7, 11) is 0. The molecule has 1 saturated heterocycles. The van der Waals surface area contributed by atoms with E-state index in [2.05, 4.69) is 23.2 Å². The maximum Gasteiger partial charge on any atom is 0.214 e. The molecule has 0 aromatic carbocycles. The molecule has 1 unspecified atom stereocenters. The minimum atomic E-state index is -0.333.